The summed E-state index contributed by atoms with van der Waals surface area (Å²) in [6.45, 7) is 9.23. The summed E-state index contributed by atoms with van der Waals surface area (Å²) in [4.78, 5) is 17.0. The van der Waals surface area contributed by atoms with Crippen molar-refractivity contribution in [1.82, 2.24) is 9.62 Å². The van der Waals surface area contributed by atoms with E-state index in [-0.39, 0.29) is 29.2 Å². The molecule has 1 aliphatic heterocycles. The Morgan fingerprint density at radius 2 is 1.64 bits per heavy atom. The van der Waals surface area contributed by atoms with Crippen LogP contribution in [-0.2, 0) is 20.2 Å². The average Bonchev–Trinajstić information content (AvgIpc) is 3.05. The zero-order chi connectivity index (χ0) is 24.1. The molecule has 1 fully saturated rings. The summed E-state index contributed by atoms with van der Waals surface area (Å²) in [5.41, 5.74) is 2.13. The number of anilines is 1. The van der Waals surface area contributed by atoms with Crippen LogP contribution in [0.3, 0.4) is 0 Å². The Balaban J connectivity index is 1.50. The number of rotatable bonds is 7. The Morgan fingerprint density at radius 1 is 0.970 bits per heavy atom. The van der Waals surface area contributed by atoms with Crippen molar-refractivity contribution in [2.75, 3.05) is 44.7 Å². The van der Waals surface area contributed by atoms with E-state index in [9.17, 15) is 13.2 Å². The summed E-state index contributed by atoms with van der Waals surface area (Å²) >= 11 is 0. The molecule has 0 bridgehead atoms. The van der Waals surface area contributed by atoms with Gasteiger partial charge in [0.2, 0.25) is 15.9 Å². The lowest BCUT2D eigenvalue weighted by molar-refractivity contribution is -0.130. The van der Waals surface area contributed by atoms with E-state index < -0.39 is 10.0 Å². The van der Waals surface area contributed by atoms with Crippen LogP contribution in [0.2, 0.25) is 0 Å². The smallest absolute Gasteiger partial charge is 0.240 e. The molecule has 1 N–H and O–H groups in total. The molecule has 0 radical (unpaired) electrons. The number of methoxy groups -OCH3 is 1. The molecule has 8 heteroatoms. The topological polar surface area (TPSA) is 79.0 Å². The highest BCUT2D eigenvalue weighted by Gasteiger charge is 2.21. The number of ether oxygens (including phenoxy) is 1. The van der Waals surface area contributed by atoms with Gasteiger partial charge in [0.15, 0.2) is 0 Å². The standard InChI is InChI=1S/C25H35N3O4S/c1-25(2,3)20-6-12-23(13-7-20)33(30,31)26-15-14-24(29)28-17-5-16-27(18-19-28)21-8-10-22(32-4)11-9-21/h6-13,26H,5,14-19H2,1-4H3. The molecule has 2 aromatic rings. The van der Waals surface area contributed by atoms with Gasteiger partial charge in [0.1, 0.15) is 5.75 Å². The number of hydrogen-bond acceptors (Lipinski definition) is 5. The van der Waals surface area contributed by atoms with Crippen molar-refractivity contribution in [1.29, 1.82) is 0 Å². The molecule has 3 rings (SSSR count). The summed E-state index contributed by atoms with van der Waals surface area (Å²) in [6.07, 6.45) is 1.01. The van der Waals surface area contributed by atoms with E-state index in [4.69, 9.17) is 4.74 Å². The van der Waals surface area contributed by atoms with Crippen LogP contribution in [0.25, 0.3) is 0 Å². The van der Waals surface area contributed by atoms with Crippen molar-refractivity contribution in [2.24, 2.45) is 0 Å². The SMILES string of the molecule is COc1ccc(N2CCCN(C(=O)CCNS(=O)(=O)c3ccc(C(C)(C)C)cc3)CC2)cc1. The van der Waals surface area contributed by atoms with E-state index >= 15 is 0 Å². The predicted octanol–water partition coefficient (Wildman–Crippen LogP) is 3.40. The summed E-state index contributed by atoms with van der Waals surface area (Å²) in [7, 11) is -2.00. The maximum absolute atomic E-state index is 12.7. The molecule has 0 saturated carbocycles. The Labute approximate surface area is 197 Å². The van der Waals surface area contributed by atoms with Crippen LogP contribution in [0.15, 0.2) is 53.4 Å². The maximum atomic E-state index is 12.7. The van der Waals surface area contributed by atoms with Gasteiger partial charge in [0.25, 0.3) is 0 Å². The normalized spacial score (nSPS) is 15.3. The number of carbonyl (C=O) groups is 1. The minimum Gasteiger partial charge on any atom is -0.497 e. The molecule has 0 unspecified atom stereocenters. The summed E-state index contributed by atoms with van der Waals surface area (Å²) < 4.78 is 33.0. The minimum atomic E-state index is -3.65. The fourth-order valence-corrected chi connectivity index (χ4v) is 4.92. The van der Waals surface area contributed by atoms with Gasteiger partial charge in [-0.1, -0.05) is 32.9 Å². The van der Waals surface area contributed by atoms with E-state index in [2.05, 4.69) is 30.4 Å². The largest absolute Gasteiger partial charge is 0.497 e. The predicted molar refractivity (Wildman–Crippen MR) is 131 cm³/mol. The van der Waals surface area contributed by atoms with Crippen LogP contribution < -0.4 is 14.4 Å². The first kappa shape index (κ1) is 25.1. The quantitative estimate of drug-likeness (QED) is 0.667. The first-order valence-corrected chi connectivity index (χ1v) is 12.9. The summed E-state index contributed by atoms with van der Waals surface area (Å²) in [5, 5.41) is 0. The van der Waals surface area contributed by atoms with Crippen LogP contribution in [-0.4, -0.2) is 59.1 Å². The monoisotopic (exact) mass is 473 g/mol. The van der Waals surface area contributed by atoms with Gasteiger partial charge < -0.3 is 14.5 Å². The van der Waals surface area contributed by atoms with Gasteiger partial charge in [-0.15, -0.1) is 0 Å². The molecule has 1 heterocycles. The lowest BCUT2D eigenvalue weighted by atomic mass is 9.87. The lowest BCUT2D eigenvalue weighted by Crippen LogP contribution is -2.37. The van der Waals surface area contributed by atoms with Crippen molar-refractivity contribution in [3.05, 3.63) is 54.1 Å². The van der Waals surface area contributed by atoms with Crippen LogP contribution in [0.5, 0.6) is 5.75 Å². The number of amides is 1. The minimum absolute atomic E-state index is 0.0302. The third-order valence-corrected chi connectivity index (χ3v) is 7.42. The van der Waals surface area contributed by atoms with Gasteiger partial charge in [-0.05, 0) is 53.8 Å². The van der Waals surface area contributed by atoms with Gasteiger partial charge >= 0.3 is 0 Å². The highest BCUT2D eigenvalue weighted by atomic mass is 32.2. The molecule has 2 aromatic carbocycles. The van der Waals surface area contributed by atoms with Crippen molar-refractivity contribution >= 4 is 21.6 Å². The highest BCUT2D eigenvalue weighted by Crippen LogP contribution is 2.23. The van der Waals surface area contributed by atoms with E-state index in [1.54, 1.807) is 19.2 Å². The second kappa shape index (κ2) is 10.6. The highest BCUT2D eigenvalue weighted by molar-refractivity contribution is 7.89. The van der Waals surface area contributed by atoms with E-state index in [0.29, 0.717) is 13.1 Å². The number of hydrogen-bond donors (Lipinski definition) is 1. The van der Waals surface area contributed by atoms with Crippen molar-refractivity contribution in [2.45, 2.75) is 43.9 Å². The van der Waals surface area contributed by atoms with Crippen LogP contribution >= 0.6 is 0 Å². The zero-order valence-electron chi connectivity index (χ0n) is 20.0. The molecule has 7 nitrogen and oxygen atoms in total. The number of nitrogens with zero attached hydrogens (tertiary/aromatic N) is 2. The van der Waals surface area contributed by atoms with Crippen molar-refractivity contribution < 1.29 is 17.9 Å². The maximum Gasteiger partial charge on any atom is 0.240 e. The van der Waals surface area contributed by atoms with Gasteiger partial charge in [-0.2, -0.15) is 0 Å². The molecule has 1 saturated heterocycles. The van der Waals surface area contributed by atoms with E-state index in [1.165, 1.54) is 0 Å². The molecule has 1 amide bonds. The van der Waals surface area contributed by atoms with Crippen molar-refractivity contribution in [3.63, 3.8) is 0 Å². The molecule has 0 aromatic heterocycles. The molecule has 0 atom stereocenters. The summed E-state index contributed by atoms with van der Waals surface area (Å²) in [6, 6.07) is 14.8. The molecule has 0 spiro atoms. The third-order valence-electron chi connectivity index (χ3n) is 5.95. The Bertz CT molecular complexity index is 1030. The van der Waals surface area contributed by atoms with Crippen LogP contribution in [0, 0.1) is 0 Å². The number of carbonyl (C=O) groups excluding carboxylic acids is 1. The molecule has 0 aliphatic carbocycles. The van der Waals surface area contributed by atoms with E-state index in [1.807, 2.05) is 41.3 Å². The molecule has 1 aliphatic rings. The van der Waals surface area contributed by atoms with Gasteiger partial charge in [-0.3, -0.25) is 4.79 Å². The molecular formula is C25H35N3O4S. The second-order valence-electron chi connectivity index (χ2n) is 9.34. The van der Waals surface area contributed by atoms with Gasteiger partial charge in [0.05, 0.1) is 12.0 Å². The first-order valence-electron chi connectivity index (χ1n) is 11.4. The first-order chi connectivity index (χ1) is 15.6. The number of nitrogens with one attached hydrogen (secondary N) is 1. The lowest BCUT2D eigenvalue weighted by Gasteiger charge is -2.24. The third kappa shape index (κ3) is 6.71. The molecular weight excluding hydrogens is 438 g/mol. The Hall–Kier alpha value is -2.58. The molecule has 180 valence electrons. The summed E-state index contributed by atoms with van der Waals surface area (Å²) in [5.74, 6) is 0.787. The molecule has 33 heavy (non-hydrogen) atoms. The van der Waals surface area contributed by atoms with Gasteiger partial charge in [0, 0.05) is 44.8 Å². The fraction of sp³-hybridized carbons (Fsp3) is 0.480. The zero-order valence-corrected chi connectivity index (χ0v) is 20.8. The second-order valence-corrected chi connectivity index (χ2v) is 11.1. The van der Waals surface area contributed by atoms with Crippen molar-refractivity contribution in [3.8, 4) is 5.75 Å². The van der Waals surface area contributed by atoms with Crippen LogP contribution in [0.1, 0.15) is 39.2 Å². The Kier molecular flexibility index (Phi) is 8.02. The number of sulfonamides is 1. The number of benzene rings is 2. The van der Waals surface area contributed by atoms with E-state index in [0.717, 1.165) is 36.5 Å². The average molecular weight is 474 g/mol. The van der Waals surface area contributed by atoms with Crippen LogP contribution in [0.4, 0.5) is 5.69 Å². The van der Waals surface area contributed by atoms with Gasteiger partial charge in [-0.25, -0.2) is 13.1 Å². The fourth-order valence-electron chi connectivity index (χ4n) is 3.89. The Morgan fingerprint density at radius 3 is 2.24 bits per heavy atom.